The molecule has 2 fully saturated rings. The number of amides is 1. The minimum absolute atomic E-state index is 0.00376. The lowest BCUT2D eigenvalue weighted by Gasteiger charge is -2.16. The molecule has 0 aromatic heterocycles. The summed E-state index contributed by atoms with van der Waals surface area (Å²) < 4.78 is 18.5. The number of rotatable bonds is 7. The first-order chi connectivity index (χ1) is 12.4. The van der Waals surface area contributed by atoms with Crippen LogP contribution in [0.25, 0.3) is 0 Å². The SMILES string of the molecule is COc1ccc(C(=O)CCC(=O)N2C[C@H](C(=O)O)[C@@H](C3CC3)C2)cc1F. The fourth-order valence-corrected chi connectivity index (χ4v) is 3.66. The number of halogens is 1. The number of carbonyl (C=O) groups excluding carboxylic acids is 2. The summed E-state index contributed by atoms with van der Waals surface area (Å²) in [6, 6.07) is 3.95. The number of ether oxygens (including phenoxy) is 1. The van der Waals surface area contributed by atoms with Gasteiger partial charge in [0.2, 0.25) is 5.91 Å². The van der Waals surface area contributed by atoms with Crippen molar-refractivity contribution in [3.63, 3.8) is 0 Å². The molecule has 0 radical (unpaired) electrons. The molecule has 1 aliphatic carbocycles. The van der Waals surface area contributed by atoms with E-state index in [9.17, 15) is 23.9 Å². The molecule has 2 atom stereocenters. The third kappa shape index (κ3) is 3.86. The summed E-state index contributed by atoms with van der Waals surface area (Å²) in [5, 5.41) is 9.36. The van der Waals surface area contributed by atoms with Crippen molar-refractivity contribution in [1.29, 1.82) is 0 Å². The Bertz CT molecular complexity index is 731. The molecule has 1 N–H and O–H groups in total. The van der Waals surface area contributed by atoms with Crippen LogP contribution in [0.2, 0.25) is 0 Å². The van der Waals surface area contributed by atoms with Gasteiger partial charge in [-0.1, -0.05) is 0 Å². The summed E-state index contributed by atoms with van der Waals surface area (Å²) in [5.74, 6) is -2.07. The standard InChI is InChI=1S/C19H22FNO5/c1-26-17-6-4-12(8-15(17)20)16(22)5-7-18(23)21-9-13(11-2-3-11)14(10-21)19(24)25/h4,6,8,11,13-14H,2-3,5,7,9-10H2,1H3,(H,24,25)/t13-,14+/m1/s1. The van der Waals surface area contributed by atoms with E-state index in [4.69, 9.17) is 4.74 Å². The van der Waals surface area contributed by atoms with Crippen LogP contribution in [-0.4, -0.2) is 47.9 Å². The normalized spacial score (nSPS) is 22.3. The van der Waals surface area contributed by atoms with Crippen molar-refractivity contribution in [2.45, 2.75) is 25.7 Å². The molecular weight excluding hydrogens is 341 g/mol. The van der Waals surface area contributed by atoms with Gasteiger partial charge in [0.15, 0.2) is 17.3 Å². The van der Waals surface area contributed by atoms with Crippen LogP contribution in [0, 0.1) is 23.6 Å². The first kappa shape index (κ1) is 18.4. The molecule has 3 rings (SSSR count). The van der Waals surface area contributed by atoms with Gasteiger partial charge in [0.1, 0.15) is 0 Å². The number of methoxy groups -OCH3 is 1. The van der Waals surface area contributed by atoms with Gasteiger partial charge in [-0.15, -0.1) is 0 Å². The number of carbonyl (C=O) groups is 3. The molecule has 1 aliphatic heterocycles. The summed E-state index contributed by atoms with van der Waals surface area (Å²) in [4.78, 5) is 37.6. The number of carboxylic acid groups (broad SMARTS) is 1. The molecule has 26 heavy (non-hydrogen) atoms. The van der Waals surface area contributed by atoms with Crippen LogP contribution in [0.1, 0.15) is 36.0 Å². The molecular formula is C19H22FNO5. The number of hydrogen-bond donors (Lipinski definition) is 1. The van der Waals surface area contributed by atoms with Crippen molar-refractivity contribution >= 4 is 17.7 Å². The smallest absolute Gasteiger partial charge is 0.308 e. The summed E-state index contributed by atoms with van der Waals surface area (Å²) >= 11 is 0. The van der Waals surface area contributed by atoms with E-state index < -0.39 is 17.7 Å². The average molecular weight is 363 g/mol. The molecule has 140 valence electrons. The first-order valence-electron chi connectivity index (χ1n) is 8.78. The van der Waals surface area contributed by atoms with Gasteiger partial charge in [0.25, 0.3) is 0 Å². The zero-order valence-corrected chi connectivity index (χ0v) is 14.6. The maximum absolute atomic E-state index is 13.7. The number of hydrogen-bond acceptors (Lipinski definition) is 4. The largest absolute Gasteiger partial charge is 0.494 e. The average Bonchev–Trinajstić information content (AvgIpc) is 3.36. The van der Waals surface area contributed by atoms with Crippen LogP contribution in [0.15, 0.2) is 18.2 Å². The molecule has 1 saturated heterocycles. The van der Waals surface area contributed by atoms with E-state index in [1.807, 2.05) is 0 Å². The predicted molar refractivity (Wildman–Crippen MR) is 90.4 cm³/mol. The maximum atomic E-state index is 13.7. The van der Waals surface area contributed by atoms with Crippen LogP contribution >= 0.6 is 0 Å². The summed E-state index contributed by atoms with van der Waals surface area (Å²) in [7, 11) is 1.34. The second-order valence-electron chi connectivity index (χ2n) is 7.02. The van der Waals surface area contributed by atoms with E-state index in [1.54, 1.807) is 4.90 Å². The molecule has 1 aromatic rings. The van der Waals surface area contributed by atoms with Crippen LogP contribution in [0.4, 0.5) is 4.39 Å². The number of ketones is 1. The van der Waals surface area contributed by atoms with Gasteiger partial charge >= 0.3 is 5.97 Å². The highest BCUT2D eigenvalue weighted by atomic mass is 19.1. The number of Topliss-reactive ketones (excluding diaryl/α,β-unsaturated/α-hetero) is 1. The molecule has 6 nitrogen and oxygen atoms in total. The number of likely N-dealkylation sites (tertiary alicyclic amines) is 1. The Morgan fingerprint density at radius 1 is 1.23 bits per heavy atom. The highest BCUT2D eigenvalue weighted by Crippen LogP contribution is 2.44. The highest BCUT2D eigenvalue weighted by Gasteiger charge is 2.46. The first-order valence-corrected chi connectivity index (χ1v) is 8.78. The molecule has 2 aliphatic rings. The van der Waals surface area contributed by atoms with Crippen molar-refractivity contribution < 1.29 is 28.6 Å². The number of aliphatic carboxylic acids is 1. The topological polar surface area (TPSA) is 83.9 Å². The Hall–Kier alpha value is -2.44. The molecule has 7 heteroatoms. The van der Waals surface area contributed by atoms with Crippen molar-refractivity contribution in [2.75, 3.05) is 20.2 Å². The lowest BCUT2D eigenvalue weighted by molar-refractivity contribution is -0.142. The number of carboxylic acids is 1. The van der Waals surface area contributed by atoms with Crippen molar-refractivity contribution in [1.82, 2.24) is 4.90 Å². The van der Waals surface area contributed by atoms with Crippen molar-refractivity contribution in [3.05, 3.63) is 29.6 Å². The van der Waals surface area contributed by atoms with E-state index in [2.05, 4.69) is 0 Å². The molecule has 0 unspecified atom stereocenters. The Morgan fingerprint density at radius 3 is 2.54 bits per heavy atom. The number of benzene rings is 1. The second kappa shape index (κ2) is 7.43. The van der Waals surface area contributed by atoms with Gasteiger partial charge in [-0.25, -0.2) is 4.39 Å². The molecule has 1 aromatic carbocycles. The van der Waals surface area contributed by atoms with E-state index >= 15 is 0 Å². The highest BCUT2D eigenvalue weighted by molar-refractivity contribution is 5.98. The van der Waals surface area contributed by atoms with Gasteiger partial charge in [-0.05, 0) is 42.9 Å². The van der Waals surface area contributed by atoms with Crippen LogP contribution in [0.5, 0.6) is 5.75 Å². The second-order valence-corrected chi connectivity index (χ2v) is 7.02. The zero-order chi connectivity index (χ0) is 18.8. The van der Waals surface area contributed by atoms with E-state index in [0.29, 0.717) is 12.5 Å². The quantitative estimate of drug-likeness (QED) is 0.752. The number of nitrogens with zero attached hydrogens (tertiary/aromatic N) is 1. The zero-order valence-electron chi connectivity index (χ0n) is 14.6. The Balaban J connectivity index is 1.56. The van der Waals surface area contributed by atoms with E-state index in [-0.39, 0.29) is 48.3 Å². The fraction of sp³-hybridized carbons (Fsp3) is 0.526. The lowest BCUT2D eigenvalue weighted by atomic mass is 9.92. The molecule has 1 heterocycles. The molecule has 0 spiro atoms. The van der Waals surface area contributed by atoms with Crippen LogP contribution < -0.4 is 4.74 Å². The van der Waals surface area contributed by atoms with Crippen LogP contribution in [-0.2, 0) is 9.59 Å². The molecule has 0 bridgehead atoms. The minimum Gasteiger partial charge on any atom is -0.494 e. The van der Waals surface area contributed by atoms with E-state index in [0.717, 1.165) is 18.9 Å². The molecule has 1 saturated carbocycles. The van der Waals surface area contributed by atoms with Gasteiger partial charge in [-0.3, -0.25) is 14.4 Å². The summed E-state index contributed by atoms with van der Waals surface area (Å²) in [6.07, 6.45) is 2.01. The predicted octanol–water partition coefficient (Wildman–Crippen LogP) is 2.37. The van der Waals surface area contributed by atoms with Crippen molar-refractivity contribution in [2.24, 2.45) is 17.8 Å². The summed E-state index contributed by atoms with van der Waals surface area (Å²) in [6.45, 7) is 0.659. The summed E-state index contributed by atoms with van der Waals surface area (Å²) in [5.41, 5.74) is 0.191. The fourth-order valence-electron chi connectivity index (χ4n) is 3.66. The molecule has 1 amide bonds. The van der Waals surface area contributed by atoms with Gasteiger partial charge in [-0.2, -0.15) is 0 Å². The Labute approximate surface area is 150 Å². The third-order valence-electron chi connectivity index (χ3n) is 5.30. The maximum Gasteiger partial charge on any atom is 0.308 e. The van der Waals surface area contributed by atoms with Crippen molar-refractivity contribution in [3.8, 4) is 5.75 Å². The van der Waals surface area contributed by atoms with Gasteiger partial charge < -0.3 is 14.7 Å². The lowest BCUT2D eigenvalue weighted by Crippen LogP contribution is -2.30. The monoisotopic (exact) mass is 363 g/mol. The van der Waals surface area contributed by atoms with Crippen LogP contribution in [0.3, 0.4) is 0 Å². The third-order valence-corrected chi connectivity index (χ3v) is 5.30. The van der Waals surface area contributed by atoms with Gasteiger partial charge in [0, 0.05) is 31.5 Å². The van der Waals surface area contributed by atoms with E-state index in [1.165, 1.54) is 19.2 Å². The Morgan fingerprint density at radius 2 is 1.96 bits per heavy atom. The Kier molecular flexibility index (Phi) is 5.25. The van der Waals surface area contributed by atoms with Gasteiger partial charge in [0.05, 0.1) is 13.0 Å². The minimum atomic E-state index is -0.859.